The molecule has 1 aromatic heterocycles. The van der Waals surface area contributed by atoms with Gasteiger partial charge in [0.1, 0.15) is 24.0 Å². The lowest BCUT2D eigenvalue weighted by Crippen LogP contribution is -2.15. The number of nitrogens with one attached hydrogen (secondary N) is 1. The summed E-state index contributed by atoms with van der Waals surface area (Å²) >= 11 is 5.98. The molecule has 0 spiro atoms. The van der Waals surface area contributed by atoms with E-state index in [2.05, 4.69) is 15.3 Å². The Morgan fingerprint density at radius 2 is 2.04 bits per heavy atom. The monoisotopic (exact) mass is 371 g/mol. The number of carbonyl (C=O) groups is 1. The van der Waals surface area contributed by atoms with E-state index in [4.69, 9.17) is 16.3 Å². The van der Waals surface area contributed by atoms with E-state index in [1.165, 1.54) is 18.3 Å². The van der Waals surface area contributed by atoms with Crippen molar-refractivity contribution in [2.45, 2.75) is 13.5 Å². The van der Waals surface area contributed by atoms with Gasteiger partial charge < -0.3 is 10.1 Å². The van der Waals surface area contributed by atoms with Crippen LogP contribution in [0.3, 0.4) is 0 Å². The van der Waals surface area contributed by atoms with Crippen LogP contribution in [-0.4, -0.2) is 15.9 Å². The van der Waals surface area contributed by atoms with Gasteiger partial charge in [-0.05, 0) is 36.8 Å². The fourth-order valence-corrected chi connectivity index (χ4v) is 2.44. The maximum absolute atomic E-state index is 13.2. The predicted octanol–water partition coefficient (Wildman–Crippen LogP) is 4.41. The van der Waals surface area contributed by atoms with Crippen molar-refractivity contribution in [3.63, 3.8) is 0 Å². The van der Waals surface area contributed by atoms with Crippen LogP contribution in [0.1, 0.15) is 21.9 Å². The lowest BCUT2D eigenvalue weighted by atomic mass is 10.2. The molecule has 132 valence electrons. The van der Waals surface area contributed by atoms with Gasteiger partial charge in [0.25, 0.3) is 5.91 Å². The Labute approximate surface area is 154 Å². The van der Waals surface area contributed by atoms with Crippen molar-refractivity contribution >= 4 is 23.2 Å². The number of hydrogen-bond acceptors (Lipinski definition) is 4. The minimum absolute atomic E-state index is 0.112. The van der Waals surface area contributed by atoms with Gasteiger partial charge in [-0.2, -0.15) is 0 Å². The first-order valence-electron chi connectivity index (χ1n) is 7.79. The average Bonchev–Trinajstić information content (AvgIpc) is 2.62. The lowest BCUT2D eigenvalue weighted by Gasteiger charge is -2.10. The first kappa shape index (κ1) is 17.8. The van der Waals surface area contributed by atoms with Crippen LogP contribution in [0.4, 0.5) is 10.1 Å². The minimum Gasteiger partial charge on any atom is -0.489 e. The maximum Gasteiger partial charge on any atom is 0.275 e. The molecule has 5 nitrogen and oxygen atoms in total. The topological polar surface area (TPSA) is 64.1 Å². The Kier molecular flexibility index (Phi) is 5.43. The lowest BCUT2D eigenvalue weighted by molar-refractivity contribution is 0.102. The summed E-state index contributed by atoms with van der Waals surface area (Å²) in [6, 6.07) is 13.0. The van der Waals surface area contributed by atoms with Crippen LogP contribution in [0.15, 0.2) is 54.7 Å². The molecule has 3 aromatic rings. The van der Waals surface area contributed by atoms with Gasteiger partial charge in [0, 0.05) is 11.8 Å². The molecule has 7 heteroatoms. The summed E-state index contributed by atoms with van der Waals surface area (Å²) in [6.07, 6.45) is 1.39. The van der Waals surface area contributed by atoms with Crippen LogP contribution in [0.25, 0.3) is 0 Å². The van der Waals surface area contributed by atoms with Crippen molar-refractivity contribution in [1.82, 2.24) is 9.97 Å². The second-order valence-corrected chi connectivity index (χ2v) is 5.92. The smallest absolute Gasteiger partial charge is 0.275 e. The number of amides is 1. The quantitative estimate of drug-likeness (QED) is 0.721. The summed E-state index contributed by atoms with van der Waals surface area (Å²) in [5, 5.41) is 2.92. The number of carbonyl (C=O) groups excluding carboxylic acids is 1. The molecular formula is C19H15ClFN3O2. The van der Waals surface area contributed by atoms with Crippen molar-refractivity contribution in [3.05, 3.63) is 82.6 Å². The Morgan fingerprint density at radius 3 is 2.85 bits per heavy atom. The van der Waals surface area contributed by atoms with E-state index >= 15 is 0 Å². The number of rotatable bonds is 5. The molecule has 1 N–H and O–H groups in total. The number of benzene rings is 2. The minimum atomic E-state index is -0.427. The zero-order chi connectivity index (χ0) is 18.5. The van der Waals surface area contributed by atoms with Crippen LogP contribution < -0.4 is 10.1 Å². The number of anilines is 1. The van der Waals surface area contributed by atoms with Crippen LogP contribution >= 0.6 is 11.6 Å². The largest absolute Gasteiger partial charge is 0.489 e. The Bertz CT molecular complexity index is 950. The van der Waals surface area contributed by atoms with E-state index < -0.39 is 5.91 Å². The molecule has 1 amide bonds. The number of ether oxygens (including phenoxy) is 1. The van der Waals surface area contributed by atoms with Gasteiger partial charge in [0.05, 0.1) is 11.2 Å². The fraction of sp³-hybridized carbons (Fsp3) is 0.105. The highest BCUT2D eigenvalue weighted by molar-refractivity contribution is 6.33. The average molecular weight is 372 g/mol. The molecule has 0 aliphatic heterocycles. The standard InChI is InChI=1S/C19H15ClFN3O2/c1-12-22-10-17(20)18(23-12)19(25)24-15-6-2-4-13(8-15)11-26-16-7-3-5-14(21)9-16/h2-10H,11H2,1H3,(H,24,25). The van der Waals surface area contributed by atoms with Crippen LogP contribution in [0, 0.1) is 12.7 Å². The Morgan fingerprint density at radius 1 is 1.23 bits per heavy atom. The van der Waals surface area contributed by atoms with Crippen molar-refractivity contribution < 1.29 is 13.9 Å². The highest BCUT2D eigenvalue weighted by atomic mass is 35.5. The Balaban J connectivity index is 1.69. The summed E-state index contributed by atoms with van der Waals surface area (Å²) in [5.74, 6) is 0.101. The Hall–Kier alpha value is -2.99. The second kappa shape index (κ2) is 7.93. The molecule has 0 fully saturated rings. The summed E-state index contributed by atoms with van der Waals surface area (Å²) < 4.78 is 18.7. The molecule has 3 rings (SSSR count). The van der Waals surface area contributed by atoms with Gasteiger partial charge in [-0.1, -0.05) is 29.8 Å². The van der Waals surface area contributed by atoms with E-state index in [9.17, 15) is 9.18 Å². The van der Waals surface area contributed by atoms with Gasteiger partial charge in [-0.25, -0.2) is 14.4 Å². The second-order valence-electron chi connectivity index (χ2n) is 5.51. The molecule has 0 aliphatic rings. The van der Waals surface area contributed by atoms with Crippen molar-refractivity contribution in [1.29, 1.82) is 0 Å². The number of hydrogen-bond donors (Lipinski definition) is 1. The van der Waals surface area contributed by atoms with Gasteiger partial charge in [0.15, 0.2) is 5.69 Å². The number of aryl methyl sites for hydroxylation is 1. The number of halogens is 2. The van der Waals surface area contributed by atoms with Crippen molar-refractivity contribution in [2.75, 3.05) is 5.32 Å². The number of aromatic nitrogens is 2. The van der Waals surface area contributed by atoms with Crippen LogP contribution in [0.5, 0.6) is 5.75 Å². The molecule has 0 unspecified atom stereocenters. The van der Waals surface area contributed by atoms with Crippen LogP contribution in [-0.2, 0) is 6.61 Å². The summed E-state index contributed by atoms with van der Waals surface area (Å²) in [4.78, 5) is 20.4. The first-order chi connectivity index (χ1) is 12.5. The molecule has 2 aromatic carbocycles. The third-order valence-corrected chi connectivity index (χ3v) is 3.74. The van der Waals surface area contributed by atoms with E-state index in [-0.39, 0.29) is 23.1 Å². The van der Waals surface area contributed by atoms with Gasteiger partial charge in [0.2, 0.25) is 0 Å². The summed E-state index contributed by atoms with van der Waals surface area (Å²) in [5.41, 5.74) is 1.50. The molecule has 0 saturated heterocycles. The summed E-state index contributed by atoms with van der Waals surface area (Å²) in [7, 11) is 0. The molecule has 0 atom stereocenters. The van der Waals surface area contributed by atoms with Crippen molar-refractivity contribution in [3.8, 4) is 5.75 Å². The molecular weight excluding hydrogens is 357 g/mol. The van der Waals surface area contributed by atoms with E-state index in [1.807, 2.05) is 6.07 Å². The predicted molar refractivity (Wildman–Crippen MR) is 96.9 cm³/mol. The summed E-state index contributed by atoms with van der Waals surface area (Å²) in [6.45, 7) is 1.91. The molecule has 26 heavy (non-hydrogen) atoms. The molecule has 0 saturated carbocycles. The molecule has 0 bridgehead atoms. The van der Waals surface area contributed by atoms with E-state index in [0.717, 1.165) is 5.56 Å². The molecule has 1 heterocycles. The van der Waals surface area contributed by atoms with Gasteiger partial charge in [-0.3, -0.25) is 4.79 Å². The van der Waals surface area contributed by atoms with Gasteiger partial charge in [-0.15, -0.1) is 0 Å². The number of nitrogens with zero attached hydrogens (tertiary/aromatic N) is 2. The maximum atomic E-state index is 13.2. The third-order valence-electron chi connectivity index (χ3n) is 3.47. The van der Waals surface area contributed by atoms with Crippen LogP contribution in [0.2, 0.25) is 5.02 Å². The van der Waals surface area contributed by atoms with Crippen molar-refractivity contribution in [2.24, 2.45) is 0 Å². The fourth-order valence-electron chi connectivity index (χ4n) is 2.27. The van der Waals surface area contributed by atoms with E-state index in [0.29, 0.717) is 17.3 Å². The molecule has 0 radical (unpaired) electrons. The normalized spacial score (nSPS) is 10.4. The highest BCUT2D eigenvalue weighted by Crippen LogP contribution is 2.18. The van der Waals surface area contributed by atoms with Gasteiger partial charge >= 0.3 is 0 Å². The zero-order valence-corrected chi connectivity index (χ0v) is 14.6. The van der Waals surface area contributed by atoms with E-state index in [1.54, 1.807) is 37.3 Å². The first-order valence-corrected chi connectivity index (χ1v) is 8.17. The third kappa shape index (κ3) is 4.55. The molecule has 0 aliphatic carbocycles. The zero-order valence-electron chi connectivity index (χ0n) is 13.9. The SMILES string of the molecule is Cc1ncc(Cl)c(C(=O)Nc2cccc(COc3cccc(F)c3)c2)n1. The highest BCUT2D eigenvalue weighted by Gasteiger charge is 2.13.